The maximum Gasteiger partial charge on any atom is 0.336 e. The number of pyridine rings is 2. The molecule has 126 valence electrons. The summed E-state index contributed by atoms with van der Waals surface area (Å²) in [7, 11) is 0. The SMILES string of the molecule is Cc1c(-c2ccc(-c3ccccc3)cc2)nc2ncccc2c1C(=O)O. The summed E-state index contributed by atoms with van der Waals surface area (Å²) in [6.45, 7) is 1.79. The van der Waals surface area contributed by atoms with Crippen molar-refractivity contribution in [1.29, 1.82) is 0 Å². The first kappa shape index (κ1) is 16.0. The standard InChI is InChI=1S/C22H16N2O2/c1-14-19(22(25)26)18-8-5-13-23-21(18)24-20(14)17-11-9-16(10-12-17)15-6-3-2-4-7-15/h2-13H,1H3,(H,25,26). The van der Waals surface area contributed by atoms with E-state index in [1.54, 1.807) is 25.3 Å². The van der Waals surface area contributed by atoms with Gasteiger partial charge < -0.3 is 5.11 Å². The van der Waals surface area contributed by atoms with Gasteiger partial charge in [-0.3, -0.25) is 0 Å². The van der Waals surface area contributed by atoms with Crippen molar-refractivity contribution in [3.8, 4) is 22.4 Å². The summed E-state index contributed by atoms with van der Waals surface area (Å²) < 4.78 is 0. The summed E-state index contributed by atoms with van der Waals surface area (Å²) in [6, 6.07) is 21.6. The quantitative estimate of drug-likeness (QED) is 0.572. The molecular weight excluding hydrogens is 324 g/mol. The lowest BCUT2D eigenvalue weighted by Gasteiger charge is -2.12. The molecule has 0 atom stereocenters. The number of aromatic carboxylic acids is 1. The largest absolute Gasteiger partial charge is 0.478 e. The number of carbonyl (C=O) groups is 1. The Bertz CT molecular complexity index is 1100. The van der Waals surface area contributed by atoms with Gasteiger partial charge in [-0.05, 0) is 35.7 Å². The normalized spacial score (nSPS) is 10.8. The molecule has 0 aliphatic rings. The van der Waals surface area contributed by atoms with Crippen LogP contribution in [0.5, 0.6) is 0 Å². The highest BCUT2D eigenvalue weighted by Crippen LogP contribution is 2.30. The Hall–Kier alpha value is -3.53. The molecule has 0 spiro atoms. The van der Waals surface area contributed by atoms with Crippen LogP contribution >= 0.6 is 0 Å². The average molecular weight is 340 g/mol. The first-order valence-electron chi connectivity index (χ1n) is 8.29. The molecule has 1 N–H and O–H groups in total. The lowest BCUT2D eigenvalue weighted by Crippen LogP contribution is -2.05. The number of nitrogens with zero attached hydrogens (tertiary/aromatic N) is 2. The fourth-order valence-corrected chi connectivity index (χ4v) is 3.20. The van der Waals surface area contributed by atoms with Gasteiger partial charge in [0.2, 0.25) is 0 Å². The monoisotopic (exact) mass is 340 g/mol. The molecule has 0 radical (unpaired) electrons. The Labute approximate surface area is 150 Å². The Morgan fingerprint density at radius 2 is 1.50 bits per heavy atom. The predicted molar refractivity (Wildman–Crippen MR) is 102 cm³/mol. The van der Waals surface area contributed by atoms with Crippen molar-refractivity contribution >= 4 is 17.0 Å². The number of hydrogen-bond acceptors (Lipinski definition) is 3. The second kappa shape index (κ2) is 6.41. The zero-order chi connectivity index (χ0) is 18.1. The fourth-order valence-electron chi connectivity index (χ4n) is 3.20. The van der Waals surface area contributed by atoms with Gasteiger partial charge in [0.15, 0.2) is 5.65 Å². The zero-order valence-corrected chi connectivity index (χ0v) is 14.2. The lowest BCUT2D eigenvalue weighted by molar-refractivity contribution is 0.0698. The Morgan fingerprint density at radius 3 is 2.19 bits per heavy atom. The smallest absolute Gasteiger partial charge is 0.336 e. The minimum Gasteiger partial charge on any atom is -0.478 e. The van der Waals surface area contributed by atoms with Gasteiger partial charge in [0.05, 0.1) is 11.3 Å². The highest BCUT2D eigenvalue weighted by molar-refractivity contribution is 6.04. The van der Waals surface area contributed by atoms with Crippen molar-refractivity contribution in [3.63, 3.8) is 0 Å². The second-order valence-electron chi connectivity index (χ2n) is 6.08. The number of hydrogen-bond donors (Lipinski definition) is 1. The maximum atomic E-state index is 11.8. The van der Waals surface area contributed by atoms with Gasteiger partial charge in [-0.1, -0.05) is 54.6 Å². The Morgan fingerprint density at radius 1 is 0.846 bits per heavy atom. The molecule has 4 heteroatoms. The third-order valence-corrected chi connectivity index (χ3v) is 4.48. The molecule has 4 rings (SSSR count). The maximum absolute atomic E-state index is 11.8. The molecular formula is C22H16N2O2. The molecule has 4 aromatic rings. The Kier molecular flexibility index (Phi) is 3.93. The summed E-state index contributed by atoms with van der Waals surface area (Å²) >= 11 is 0. The van der Waals surface area contributed by atoms with Gasteiger partial charge in [0.25, 0.3) is 0 Å². The molecule has 0 amide bonds. The number of carboxylic acids is 1. The third-order valence-electron chi connectivity index (χ3n) is 4.48. The summed E-state index contributed by atoms with van der Waals surface area (Å²) in [4.78, 5) is 20.7. The van der Waals surface area contributed by atoms with E-state index in [0.29, 0.717) is 22.3 Å². The molecule has 0 unspecified atom stereocenters. The number of carboxylic acid groups (broad SMARTS) is 1. The van der Waals surface area contributed by atoms with Gasteiger partial charge in [-0.2, -0.15) is 0 Å². The van der Waals surface area contributed by atoms with Crippen LogP contribution in [-0.4, -0.2) is 21.0 Å². The average Bonchev–Trinajstić information content (AvgIpc) is 2.68. The van der Waals surface area contributed by atoms with Crippen LogP contribution in [0.1, 0.15) is 15.9 Å². The predicted octanol–water partition coefficient (Wildman–Crippen LogP) is 4.97. The van der Waals surface area contributed by atoms with Crippen LogP contribution in [0, 0.1) is 6.92 Å². The summed E-state index contributed by atoms with van der Waals surface area (Å²) in [6.07, 6.45) is 1.62. The second-order valence-corrected chi connectivity index (χ2v) is 6.08. The van der Waals surface area contributed by atoms with Crippen LogP contribution in [0.15, 0.2) is 72.9 Å². The molecule has 26 heavy (non-hydrogen) atoms. The molecule has 4 nitrogen and oxygen atoms in total. The molecule has 0 fully saturated rings. The van der Waals surface area contributed by atoms with Gasteiger partial charge in [0, 0.05) is 17.1 Å². The number of rotatable bonds is 3. The summed E-state index contributed by atoms with van der Waals surface area (Å²) in [5, 5.41) is 10.2. The summed E-state index contributed by atoms with van der Waals surface area (Å²) in [5.74, 6) is -0.968. The molecule has 0 saturated heterocycles. The van der Waals surface area contributed by atoms with E-state index in [-0.39, 0.29) is 5.56 Å². The van der Waals surface area contributed by atoms with Crippen molar-refractivity contribution in [2.45, 2.75) is 6.92 Å². The first-order valence-corrected chi connectivity index (χ1v) is 8.29. The van der Waals surface area contributed by atoms with Crippen LogP contribution < -0.4 is 0 Å². The molecule has 2 aromatic carbocycles. The highest BCUT2D eigenvalue weighted by Gasteiger charge is 2.18. The number of benzene rings is 2. The Balaban J connectivity index is 1.87. The van der Waals surface area contributed by atoms with Crippen LogP contribution in [-0.2, 0) is 0 Å². The molecule has 2 aromatic heterocycles. The van der Waals surface area contributed by atoms with Crippen LogP contribution in [0.4, 0.5) is 0 Å². The van der Waals surface area contributed by atoms with E-state index < -0.39 is 5.97 Å². The van der Waals surface area contributed by atoms with E-state index in [9.17, 15) is 9.90 Å². The molecule has 0 saturated carbocycles. The van der Waals surface area contributed by atoms with Crippen molar-refractivity contribution in [2.24, 2.45) is 0 Å². The minimum absolute atomic E-state index is 0.255. The molecule has 2 heterocycles. The number of aromatic nitrogens is 2. The van der Waals surface area contributed by atoms with Gasteiger partial charge in [-0.15, -0.1) is 0 Å². The zero-order valence-electron chi connectivity index (χ0n) is 14.2. The first-order chi connectivity index (χ1) is 12.6. The molecule has 0 aliphatic heterocycles. The van der Waals surface area contributed by atoms with Crippen molar-refractivity contribution in [1.82, 2.24) is 9.97 Å². The van der Waals surface area contributed by atoms with E-state index in [4.69, 9.17) is 0 Å². The van der Waals surface area contributed by atoms with Crippen LogP contribution in [0.2, 0.25) is 0 Å². The molecule has 0 bridgehead atoms. The van der Waals surface area contributed by atoms with Gasteiger partial charge in [0.1, 0.15) is 0 Å². The minimum atomic E-state index is -0.968. The van der Waals surface area contributed by atoms with Crippen LogP contribution in [0.3, 0.4) is 0 Å². The van der Waals surface area contributed by atoms with E-state index >= 15 is 0 Å². The fraction of sp³-hybridized carbons (Fsp3) is 0.0455. The van der Waals surface area contributed by atoms with E-state index in [2.05, 4.69) is 22.1 Å². The van der Waals surface area contributed by atoms with Gasteiger partial charge in [-0.25, -0.2) is 14.8 Å². The topological polar surface area (TPSA) is 63.1 Å². The third kappa shape index (κ3) is 2.71. The van der Waals surface area contributed by atoms with Crippen molar-refractivity contribution in [3.05, 3.63) is 84.1 Å². The number of fused-ring (bicyclic) bond motifs is 1. The lowest BCUT2D eigenvalue weighted by atomic mass is 9.97. The van der Waals surface area contributed by atoms with Crippen molar-refractivity contribution in [2.75, 3.05) is 0 Å². The summed E-state index contributed by atoms with van der Waals surface area (Å²) in [5.41, 5.74) is 5.10. The highest BCUT2D eigenvalue weighted by atomic mass is 16.4. The van der Waals surface area contributed by atoms with E-state index in [0.717, 1.165) is 16.7 Å². The van der Waals surface area contributed by atoms with Crippen LogP contribution in [0.25, 0.3) is 33.4 Å². The molecule has 0 aliphatic carbocycles. The van der Waals surface area contributed by atoms with Gasteiger partial charge >= 0.3 is 5.97 Å². The van der Waals surface area contributed by atoms with E-state index in [1.165, 1.54) is 0 Å². The van der Waals surface area contributed by atoms with Crippen molar-refractivity contribution < 1.29 is 9.90 Å². The van der Waals surface area contributed by atoms with E-state index in [1.807, 2.05) is 42.5 Å².